The summed E-state index contributed by atoms with van der Waals surface area (Å²) >= 11 is 0. The van der Waals surface area contributed by atoms with E-state index in [4.69, 9.17) is 0 Å². The fourth-order valence-electron chi connectivity index (χ4n) is 1.43. The van der Waals surface area contributed by atoms with Crippen molar-refractivity contribution in [1.29, 1.82) is 0 Å². The molecule has 0 aliphatic rings. The first-order chi connectivity index (χ1) is 9.85. The number of benzene rings is 2. The zero-order chi connectivity index (χ0) is 14.2. The Morgan fingerprint density at radius 1 is 0.700 bits per heavy atom. The van der Waals surface area contributed by atoms with Crippen LogP contribution in [0, 0.1) is 0 Å². The number of rotatable bonds is 5. The molecule has 0 atom stereocenters. The standard InChI is InChI=1S/C14H8N2O2S2/c17-9-15-11-5-1-3-7-13(11)19-20-14-8-4-2-6-12(14)16-10-18/h1-8H. The maximum Gasteiger partial charge on any atom is 0.240 e. The average molecular weight is 300 g/mol. The fraction of sp³-hybridized carbons (Fsp3) is 0. The van der Waals surface area contributed by atoms with Gasteiger partial charge >= 0.3 is 0 Å². The second kappa shape index (κ2) is 7.48. The minimum Gasteiger partial charge on any atom is -0.211 e. The topological polar surface area (TPSA) is 58.9 Å². The lowest BCUT2D eigenvalue weighted by atomic mass is 10.3. The lowest BCUT2D eigenvalue weighted by molar-refractivity contribution is 0.564. The van der Waals surface area contributed by atoms with Crippen LogP contribution >= 0.6 is 21.6 Å². The zero-order valence-corrected chi connectivity index (χ0v) is 11.8. The van der Waals surface area contributed by atoms with E-state index in [1.807, 2.05) is 24.3 Å². The van der Waals surface area contributed by atoms with E-state index in [-0.39, 0.29) is 0 Å². The molecule has 20 heavy (non-hydrogen) atoms. The SMILES string of the molecule is O=C=Nc1ccccc1SSc1ccccc1N=C=O. The fourth-order valence-corrected chi connectivity index (χ4v) is 3.66. The maximum absolute atomic E-state index is 10.4. The van der Waals surface area contributed by atoms with E-state index in [1.165, 1.54) is 33.7 Å². The smallest absolute Gasteiger partial charge is 0.211 e. The summed E-state index contributed by atoms with van der Waals surface area (Å²) in [6.07, 6.45) is 3.07. The minimum absolute atomic E-state index is 0.566. The highest BCUT2D eigenvalue weighted by Gasteiger charge is 2.06. The van der Waals surface area contributed by atoms with E-state index in [0.29, 0.717) is 11.4 Å². The van der Waals surface area contributed by atoms with Gasteiger partial charge in [-0.1, -0.05) is 45.9 Å². The van der Waals surface area contributed by atoms with Crippen LogP contribution in [0.5, 0.6) is 0 Å². The van der Waals surface area contributed by atoms with Gasteiger partial charge in [0.05, 0.1) is 11.4 Å². The van der Waals surface area contributed by atoms with Crippen LogP contribution in [0.15, 0.2) is 68.3 Å². The van der Waals surface area contributed by atoms with Crippen LogP contribution in [-0.2, 0) is 9.59 Å². The van der Waals surface area contributed by atoms with Gasteiger partial charge < -0.3 is 0 Å². The third kappa shape index (κ3) is 3.70. The summed E-state index contributed by atoms with van der Waals surface area (Å²) in [6, 6.07) is 14.5. The molecule has 0 aliphatic heterocycles. The summed E-state index contributed by atoms with van der Waals surface area (Å²) in [6.45, 7) is 0. The zero-order valence-electron chi connectivity index (χ0n) is 10.1. The normalized spacial score (nSPS) is 9.40. The Labute approximate surface area is 123 Å². The summed E-state index contributed by atoms with van der Waals surface area (Å²) < 4.78 is 0. The Morgan fingerprint density at radius 3 is 1.50 bits per heavy atom. The number of hydrogen-bond acceptors (Lipinski definition) is 6. The highest BCUT2D eigenvalue weighted by Crippen LogP contribution is 2.44. The van der Waals surface area contributed by atoms with Gasteiger partial charge in [0, 0.05) is 9.79 Å². The van der Waals surface area contributed by atoms with Crippen LogP contribution in [-0.4, -0.2) is 12.2 Å². The van der Waals surface area contributed by atoms with Crippen molar-refractivity contribution >= 4 is 45.1 Å². The van der Waals surface area contributed by atoms with E-state index in [9.17, 15) is 9.59 Å². The number of aliphatic imine (C=N–C) groups is 2. The number of para-hydroxylation sites is 2. The summed E-state index contributed by atoms with van der Waals surface area (Å²) in [5, 5.41) is 0. The quantitative estimate of drug-likeness (QED) is 0.466. The van der Waals surface area contributed by atoms with Crippen molar-refractivity contribution in [3.05, 3.63) is 48.5 Å². The molecule has 0 aromatic heterocycles. The lowest BCUT2D eigenvalue weighted by Crippen LogP contribution is -1.73. The van der Waals surface area contributed by atoms with Crippen molar-refractivity contribution < 1.29 is 9.59 Å². The number of hydrogen-bond donors (Lipinski definition) is 0. The molecule has 98 valence electrons. The lowest BCUT2D eigenvalue weighted by Gasteiger charge is -2.05. The molecule has 0 saturated heterocycles. The van der Waals surface area contributed by atoms with Crippen LogP contribution in [0.3, 0.4) is 0 Å². The molecular formula is C14H8N2O2S2. The molecule has 0 amide bonds. The molecule has 2 rings (SSSR count). The largest absolute Gasteiger partial charge is 0.240 e. The number of carbonyl (C=O) groups excluding carboxylic acids is 2. The summed E-state index contributed by atoms with van der Waals surface area (Å²) in [4.78, 5) is 29.7. The molecule has 0 N–H and O–H groups in total. The van der Waals surface area contributed by atoms with Crippen molar-refractivity contribution in [2.24, 2.45) is 9.98 Å². The monoisotopic (exact) mass is 300 g/mol. The minimum atomic E-state index is 0.566. The van der Waals surface area contributed by atoms with Crippen LogP contribution in [0.2, 0.25) is 0 Å². The van der Waals surface area contributed by atoms with Crippen molar-refractivity contribution in [2.45, 2.75) is 9.79 Å². The maximum atomic E-state index is 10.4. The number of nitrogens with zero attached hydrogens (tertiary/aromatic N) is 2. The van der Waals surface area contributed by atoms with E-state index in [2.05, 4.69) is 9.98 Å². The molecule has 2 aromatic rings. The second-order valence-corrected chi connectivity index (χ2v) is 5.72. The molecule has 0 spiro atoms. The van der Waals surface area contributed by atoms with Crippen LogP contribution < -0.4 is 0 Å². The molecule has 0 saturated carbocycles. The van der Waals surface area contributed by atoms with Gasteiger partial charge in [0.15, 0.2) is 0 Å². The van der Waals surface area contributed by atoms with Crippen molar-refractivity contribution in [1.82, 2.24) is 0 Å². The predicted octanol–water partition coefficient (Wildman–Crippen LogP) is 4.42. The van der Waals surface area contributed by atoms with E-state index >= 15 is 0 Å². The Bertz CT molecular complexity index is 644. The highest BCUT2D eigenvalue weighted by atomic mass is 33.1. The second-order valence-electron chi connectivity index (χ2n) is 3.51. The van der Waals surface area contributed by atoms with Gasteiger partial charge in [-0.3, -0.25) is 0 Å². The molecule has 6 heteroatoms. The summed E-state index contributed by atoms with van der Waals surface area (Å²) in [5.74, 6) is 0. The average Bonchev–Trinajstić information content (AvgIpc) is 2.48. The molecule has 0 unspecified atom stereocenters. The number of isocyanates is 2. The van der Waals surface area contributed by atoms with Crippen LogP contribution in [0.1, 0.15) is 0 Å². The third-order valence-corrected chi connectivity index (χ3v) is 4.74. The Morgan fingerprint density at radius 2 is 1.10 bits per heavy atom. The van der Waals surface area contributed by atoms with Gasteiger partial charge in [-0.25, -0.2) is 9.59 Å². The third-order valence-electron chi connectivity index (χ3n) is 2.28. The van der Waals surface area contributed by atoms with Gasteiger partial charge in [-0.15, -0.1) is 0 Å². The molecular weight excluding hydrogens is 292 g/mol. The highest BCUT2D eigenvalue weighted by molar-refractivity contribution is 8.76. The first-order valence-electron chi connectivity index (χ1n) is 5.53. The molecule has 0 heterocycles. The summed E-state index contributed by atoms with van der Waals surface area (Å²) in [5.41, 5.74) is 1.13. The van der Waals surface area contributed by atoms with Gasteiger partial charge in [-0.05, 0) is 24.3 Å². The Kier molecular flexibility index (Phi) is 5.35. The van der Waals surface area contributed by atoms with E-state index < -0.39 is 0 Å². The van der Waals surface area contributed by atoms with E-state index in [0.717, 1.165) is 9.79 Å². The van der Waals surface area contributed by atoms with Gasteiger partial charge in [0.2, 0.25) is 12.2 Å². The van der Waals surface area contributed by atoms with Crippen molar-refractivity contribution in [3.8, 4) is 0 Å². The molecule has 0 aliphatic carbocycles. The Balaban J connectivity index is 2.21. The Hall–Kier alpha value is -2.10. The van der Waals surface area contributed by atoms with Crippen molar-refractivity contribution in [2.75, 3.05) is 0 Å². The molecule has 2 aromatic carbocycles. The molecule has 0 radical (unpaired) electrons. The van der Waals surface area contributed by atoms with E-state index in [1.54, 1.807) is 24.3 Å². The first-order valence-corrected chi connectivity index (χ1v) is 7.68. The van der Waals surface area contributed by atoms with Gasteiger partial charge in [-0.2, -0.15) is 9.98 Å². The van der Waals surface area contributed by atoms with Gasteiger partial charge in [0.25, 0.3) is 0 Å². The van der Waals surface area contributed by atoms with Gasteiger partial charge in [0.1, 0.15) is 0 Å². The molecule has 0 bridgehead atoms. The predicted molar refractivity (Wildman–Crippen MR) is 80.2 cm³/mol. The molecule has 4 nitrogen and oxygen atoms in total. The molecule has 0 fully saturated rings. The van der Waals surface area contributed by atoms with Crippen molar-refractivity contribution in [3.63, 3.8) is 0 Å². The van der Waals surface area contributed by atoms with Crippen LogP contribution in [0.25, 0.3) is 0 Å². The first kappa shape index (κ1) is 14.3. The van der Waals surface area contributed by atoms with Crippen LogP contribution in [0.4, 0.5) is 11.4 Å². The summed E-state index contributed by atoms with van der Waals surface area (Å²) in [7, 11) is 2.87.